The number of hydrogen-bond donors (Lipinski definition) is 2. The first kappa shape index (κ1) is 23.9. The smallest absolute Gasteiger partial charge is 0.497 e. The molecule has 0 aromatic heterocycles. The van der Waals surface area contributed by atoms with Crippen LogP contribution in [0.3, 0.4) is 0 Å². The first-order chi connectivity index (χ1) is 15.5. The van der Waals surface area contributed by atoms with E-state index in [2.05, 4.69) is 15.4 Å². The van der Waals surface area contributed by atoms with Crippen molar-refractivity contribution in [2.45, 2.75) is 25.2 Å². The molecule has 1 aliphatic heterocycles. The van der Waals surface area contributed by atoms with Crippen LogP contribution >= 0.6 is 0 Å². The van der Waals surface area contributed by atoms with Gasteiger partial charge in [0.1, 0.15) is 23.6 Å². The van der Waals surface area contributed by atoms with E-state index in [0.29, 0.717) is 18.7 Å². The van der Waals surface area contributed by atoms with Crippen molar-refractivity contribution >= 4 is 17.8 Å². The highest BCUT2D eigenvalue weighted by molar-refractivity contribution is 6.09. The molecule has 1 unspecified atom stereocenters. The number of carbonyl (C=O) groups excluding carboxylic acids is 3. The lowest BCUT2D eigenvalue weighted by Gasteiger charge is -2.22. The standard InChI is InChI=1S/C22H22F3N3O5/c1-21(15-5-9-17(10-6-15)33-22(23,24)25)19(30)28(20(31)27-21)13-18(29)26-12-11-14-3-7-16(32-2)8-4-14/h3-10H,11-13H2,1-2H3,(H,26,29)(H,27,31). The lowest BCUT2D eigenvalue weighted by molar-refractivity contribution is -0.274. The molecule has 0 bridgehead atoms. The van der Waals surface area contributed by atoms with Gasteiger partial charge in [-0.05, 0) is 48.7 Å². The number of halogens is 3. The number of methoxy groups -OCH3 is 1. The number of ether oxygens (including phenoxy) is 2. The highest BCUT2D eigenvalue weighted by atomic mass is 19.4. The van der Waals surface area contributed by atoms with E-state index in [1.54, 1.807) is 19.2 Å². The Bertz CT molecular complexity index is 1030. The predicted molar refractivity (Wildman–Crippen MR) is 110 cm³/mol. The zero-order valence-electron chi connectivity index (χ0n) is 17.9. The second-order valence-corrected chi connectivity index (χ2v) is 7.47. The molecule has 33 heavy (non-hydrogen) atoms. The molecule has 8 nitrogen and oxygen atoms in total. The van der Waals surface area contributed by atoms with Gasteiger partial charge in [0.05, 0.1) is 7.11 Å². The average Bonchev–Trinajstić information content (AvgIpc) is 2.97. The minimum Gasteiger partial charge on any atom is -0.497 e. The lowest BCUT2D eigenvalue weighted by atomic mass is 9.92. The average molecular weight is 465 g/mol. The summed E-state index contributed by atoms with van der Waals surface area (Å²) in [5, 5.41) is 5.15. The third kappa shape index (κ3) is 5.73. The van der Waals surface area contributed by atoms with Crippen LogP contribution in [0.15, 0.2) is 48.5 Å². The van der Waals surface area contributed by atoms with E-state index in [1.165, 1.54) is 19.1 Å². The molecule has 176 valence electrons. The highest BCUT2D eigenvalue weighted by Crippen LogP contribution is 2.31. The lowest BCUT2D eigenvalue weighted by Crippen LogP contribution is -2.43. The number of carbonyl (C=O) groups is 3. The minimum atomic E-state index is -4.85. The Kier molecular flexibility index (Phi) is 6.80. The van der Waals surface area contributed by atoms with Crippen LogP contribution in [0.25, 0.3) is 0 Å². The zero-order valence-corrected chi connectivity index (χ0v) is 17.9. The van der Waals surface area contributed by atoms with Crippen molar-refractivity contribution in [1.29, 1.82) is 0 Å². The monoisotopic (exact) mass is 465 g/mol. The van der Waals surface area contributed by atoms with Gasteiger partial charge >= 0.3 is 12.4 Å². The fourth-order valence-corrected chi connectivity index (χ4v) is 3.36. The maximum atomic E-state index is 12.9. The quantitative estimate of drug-likeness (QED) is 0.585. The Morgan fingerprint density at radius 2 is 1.67 bits per heavy atom. The van der Waals surface area contributed by atoms with E-state index in [9.17, 15) is 27.6 Å². The fourth-order valence-electron chi connectivity index (χ4n) is 3.36. The summed E-state index contributed by atoms with van der Waals surface area (Å²) in [6.07, 6.45) is -4.31. The number of hydrogen-bond acceptors (Lipinski definition) is 5. The first-order valence-corrected chi connectivity index (χ1v) is 9.92. The van der Waals surface area contributed by atoms with Crippen LogP contribution in [0, 0.1) is 0 Å². The van der Waals surface area contributed by atoms with E-state index in [4.69, 9.17) is 4.74 Å². The van der Waals surface area contributed by atoms with Crippen molar-refractivity contribution in [2.75, 3.05) is 20.2 Å². The summed E-state index contributed by atoms with van der Waals surface area (Å²) >= 11 is 0. The van der Waals surface area contributed by atoms with Crippen LogP contribution in [0.5, 0.6) is 11.5 Å². The summed E-state index contributed by atoms with van der Waals surface area (Å²) in [5.41, 5.74) is -0.313. The van der Waals surface area contributed by atoms with Crippen LogP contribution in [0.2, 0.25) is 0 Å². The van der Waals surface area contributed by atoms with Crippen molar-refractivity contribution in [3.05, 3.63) is 59.7 Å². The van der Waals surface area contributed by atoms with Gasteiger partial charge in [-0.1, -0.05) is 24.3 Å². The summed E-state index contributed by atoms with van der Waals surface area (Å²) in [7, 11) is 1.56. The molecule has 1 atom stereocenters. The maximum Gasteiger partial charge on any atom is 0.573 e. The van der Waals surface area contributed by atoms with Crippen LogP contribution in [-0.2, 0) is 21.5 Å². The number of nitrogens with zero attached hydrogens (tertiary/aromatic N) is 1. The van der Waals surface area contributed by atoms with Gasteiger partial charge in [0, 0.05) is 6.54 Å². The number of alkyl halides is 3. The first-order valence-electron chi connectivity index (χ1n) is 9.92. The number of urea groups is 1. The molecule has 0 saturated carbocycles. The van der Waals surface area contributed by atoms with Gasteiger partial charge in [-0.25, -0.2) is 4.79 Å². The van der Waals surface area contributed by atoms with Crippen LogP contribution in [0.1, 0.15) is 18.1 Å². The molecule has 1 fully saturated rings. The molecule has 11 heteroatoms. The van der Waals surface area contributed by atoms with Gasteiger partial charge in [0.25, 0.3) is 5.91 Å². The molecular formula is C22H22F3N3O5. The van der Waals surface area contributed by atoms with E-state index < -0.39 is 42.0 Å². The third-order valence-electron chi connectivity index (χ3n) is 5.14. The fraction of sp³-hybridized carbons (Fsp3) is 0.318. The largest absolute Gasteiger partial charge is 0.573 e. The number of imide groups is 1. The van der Waals surface area contributed by atoms with Gasteiger partial charge in [-0.3, -0.25) is 14.5 Å². The SMILES string of the molecule is COc1ccc(CCNC(=O)CN2C(=O)NC(C)(c3ccc(OC(F)(F)F)cc3)C2=O)cc1. The second kappa shape index (κ2) is 9.39. The minimum absolute atomic E-state index is 0.248. The van der Waals surface area contributed by atoms with Gasteiger partial charge in [-0.2, -0.15) is 0 Å². The van der Waals surface area contributed by atoms with E-state index in [0.717, 1.165) is 22.6 Å². The molecule has 0 radical (unpaired) electrons. The number of benzene rings is 2. The topological polar surface area (TPSA) is 97.0 Å². The molecule has 2 N–H and O–H groups in total. The third-order valence-corrected chi connectivity index (χ3v) is 5.14. The maximum absolute atomic E-state index is 12.9. The molecule has 1 saturated heterocycles. The Morgan fingerprint density at radius 1 is 1.06 bits per heavy atom. The van der Waals surface area contributed by atoms with Crippen LogP contribution in [0.4, 0.5) is 18.0 Å². The van der Waals surface area contributed by atoms with Crippen molar-refractivity contribution < 1.29 is 37.0 Å². The molecule has 2 aromatic carbocycles. The summed E-state index contributed by atoms with van der Waals surface area (Å²) in [6, 6.07) is 11.1. The molecule has 2 aromatic rings. The van der Waals surface area contributed by atoms with Gasteiger partial charge in [-0.15, -0.1) is 13.2 Å². The molecule has 1 aliphatic rings. The highest BCUT2D eigenvalue weighted by Gasteiger charge is 2.49. The second-order valence-electron chi connectivity index (χ2n) is 7.47. The predicted octanol–water partition coefficient (Wildman–Crippen LogP) is 2.72. The van der Waals surface area contributed by atoms with Crippen LogP contribution in [-0.4, -0.2) is 49.3 Å². The summed E-state index contributed by atoms with van der Waals surface area (Å²) in [5.74, 6) is -0.959. The summed E-state index contributed by atoms with van der Waals surface area (Å²) in [4.78, 5) is 38.3. The van der Waals surface area contributed by atoms with Gasteiger partial charge in [0.2, 0.25) is 5.91 Å². The Labute approximate surface area is 187 Å². The normalized spacial score (nSPS) is 18.2. The van der Waals surface area contributed by atoms with E-state index >= 15 is 0 Å². The molecule has 3 rings (SSSR count). The molecule has 0 spiro atoms. The van der Waals surface area contributed by atoms with Gasteiger partial charge in [0.15, 0.2) is 0 Å². The van der Waals surface area contributed by atoms with Crippen molar-refractivity contribution in [3.63, 3.8) is 0 Å². The van der Waals surface area contributed by atoms with Crippen molar-refractivity contribution in [3.8, 4) is 11.5 Å². The van der Waals surface area contributed by atoms with Crippen molar-refractivity contribution in [1.82, 2.24) is 15.5 Å². The number of amides is 4. The summed E-state index contributed by atoms with van der Waals surface area (Å²) < 4.78 is 45.9. The van der Waals surface area contributed by atoms with Crippen molar-refractivity contribution in [2.24, 2.45) is 0 Å². The van der Waals surface area contributed by atoms with E-state index in [1.807, 2.05) is 12.1 Å². The molecule has 4 amide bonds. The van der Waals surface area contributed by atoms with Crippen LogP contribution < -0.4 is 20.1 Å². The summed E-state index contributed by atoms with van der Waals surface area (Å²) in [6.45, 7) is 1.22. The molecular weight excluding hydrogens is 443 g/mol. The van der Waals surface area contributed by atoms with Gasteiger partial charge < -0.3 is 20.1 Å². The van der Waals surface area contributed by atoms with E-state index in [-0.39, 0.29) is 5.56 Å². The Balaban J connectivity index is 1.57. The number of rotatable bonds is 8. The zero-order chi connectivity index (χ0) is 24.2. The molecule has 0 aliphatic carbocycles. The Hall–Kier alpha value is -3.76. The molecule has 1 heterocycles. The Morgan fingerprint density at radius 3 is 2.24 bits per heavy atom. The number of nitrogens with one attached hydrogen (secondary N) is 2.